The molecule has 2 aromatic carbocycles. The number of fused-ring (bicyclic) bond motifs is 1. The lowest BCUT2D eigenvalue weighted by Crippen LogP contribution is -2.25. The van der Waals surface area contributed by atoms with Crippen molar-refractivity contribution in [2.45, 2.75) is 33.2 Å². The number of hydrogen-bond donors (Lipinski definition) is 1. The van der Waals surface area contributed by atoms with E-state index in [1.807, 2.05) is 43.5 Å². The van der Waals surface area contributed by atoms with Crippen LogP contribution >= 0.6 is 11.3 Å². The number of rotatable bonds is 6. The van der Waals surface area contributed by atoms with Crippen LogP contribution in [0.3, 0.4) is 0 Å². The van der Waals surface area contributed by atoms with Gasteiger partial charge in [-0.15, -0.1) is 11.3 Å². The van der Waals surface area contributed by atoms with E-state index in [2.05, 4.69) is 33.7 Å². The third kappa shape index (κ3) is 4.12. The number of carbonyl (C=O) groups excluding carboxylic acids is 1. The van der Waals surface area contributed by atoms with E-state index in [0.29, 0.717) is 12.2 Å². The summed E-state index contributed by atoms with van der Waals surface area (Å²) in [6, 6.07) is 14.3. The van der Waals surface area contributed by atoms with Gasteiger partial charge >= 0.3 is 0 Å². The van der Waals surface area contributed by atoms with Crippen molar-refractivity contribution in [3.63, 3.8) is 0 Å². The van der Waals surface area contributed by atoms with E-state index in [1.165, 1.54) is 5.56 Å². The largest absolute Gasteiger partial charge is 0.356 e. The molecule has 0 aliphatic heterocycles. The molecule has 4 aromatic rings. The second kappa shape index (κ2) is 7.94. The van der Waals surface area contributed by atoms with Gasteiger partial charge in [0.05, 0.1) is 23.7 Å². The van der Waals surface area contributed by atoms with Gasteiger partial charge in [-0.25, -0.2) is 4.98 Å². The molecular formula is C22H21N3O2S. The number of amides is 1. The van der Waals surface area contributed by atoms with Crippen molar-refractivity contribution in [1.82, 2.24) is 15.5 Å². The van der Waals surface area contributed by atoms with Crippen LogP contribution in [-0.2, 0) is 24.2 Å². The van der Waals surface area contributed by atoms with E-state index in [-0.39, 0.29) is 12.3 Å². The Morgan fingerprint density at radius 3 is 2.82 bits per heavy atom. The standard InChI is InChI=1S/C22H21N3O2S/c1-14-8-15(2)22-18(25-27-19(22)9-14)11-20(26)23-12-17-13-28-21(24-17)10-16-6-4-3-5-7-16/h3-9,13H,10-12H2,1-2H3,(H,23,26). The zero-order chi connectivity index (χ0) is 19.5. The molecule has 0 aliphatic rings. The SMILES string of the molecule is Cc1cc(C)c2c(CC(=O)NCc3csc(Cc4ccccc4)n3)noc2c1. The fraction of sp³-hybridized carbons (Fsp3) is 0.227. The Balaban J connectivity index is 1.36. The van der Waals surface area contributed by atoms with Crippen molar-refractivity contribution < 1.29 is 9.32 Å². The molecule has 6 heteroatoms. The predicted octanol–water partition coefficient (Wildman–Crippen LogP) is 4.35. The lowest BCUT2D eigenvalue weighted by Gasteiger charge is -2.03. The minimum atomic E-state index is -0.0900. The van der Waals surface area contributed by atoms with Gasteiger partial charge in [-0.2, -0.15) is 0 Å². The molecule has 0 radical (unpaired) electrons. The van der Waals surface area contributed by atoms with Crippen LogP contribution in [0.2, 0.25) is 0 Å². The molecular weight excluding hydrogens is 370 g/mol. The summed E-state index contributed by atoms with van der Waals surface area (Å²) < 4.78 is 5.39. The van der Waals surface area contributed by atoms with E-state index in [1.54, 1.807) is 11.3 Å². The Hall–Kier alpha value is -2.99. The number of carbonyl (C=O) groups is 1. The van der Waals surface area contributed by atoms with E-state index in [0.717, 1.165) is 39.2 Å². The van der Waals surface area contributed by atoms with Gasteiger partial charge in [0, 0.05) is 17.2 Å². The summed E-state index contributed by atoms with van der Waals surface area (Å²) in [5, 5.41) is 11.0. The molecule has 0 bridgehead atoms. The van der Waals surface area contributed by atoms with Crippen LogP contribution in [0.5, 0.6) is 0 Å². The second-order valence-electron chi connectivity index (χ2n) is 6.93. The maximum absolute atomic E-state index is 12.4. The Kier molecular flexibility index (Phi) is 5.21. The number of aryl methyl sites for hydroxylation is 2. The molecule has 0 spiro atoms. The molecule has 0 aliphatic carbocycles. The van der Waals surface area contributed by atoms with Gasteiger partial charge < -0.3 is 9.84 Å². The van der Waals surface area contributed by atoms with E-state index < -0.39 is 0 Å². The first kappa shape index (κ1) is 18.4. The second-order valence-corrected chi connectivity index (χ2v) is 7.88. The third-order valence-electron chi connectivity index (χ3n) is 4.58. The van der Waals surface area contributed by atoms with Crippen LogP contribution in [0.4, 0.5) is 0 Å². The highest BCUT2D eigenvalue weighted by Crippen LogP contribution is 2.24. The number of nitrogens with one attached hydrogen (secondary N) is 1. The van der Waals surface area contributed by atoms with Gasteiger partial charge in [0.2, 0.25) is 5.91 Å². The Labute approximate surface area is 167 Å². The van der Waals surface area contributed by atoms with E-state index >= 15 is 0 Å². The molecule has 4 rings (SSSR count). The lowest BCUT2D eigenvalue weighted by molar-refractivity contribution is -0.120. The van der Waals surface area contributed by atoms with Crippen molar-refractivity contribution >= 4 is 28.2 Å². The fourth-order valence-corrected chi connectivity index (χ4v) is 4.15. The lowest BCUT2D eigenvalue weighted by atomic mass is 10.0. The Bertz CT molecular complexity index is 1120. The maximum atomic E-state index is 12.4. The molecule has 2 aromatic heterocycles. The van der Waals surface area contributed by atoms with Crippen molar-refractivity contribution in [3.05, 3.63) is 80.9 Å². The molecule has 0 saturated carbocycles. The molecule has 142 valence electrons. The smallest absolute Gasteiger partial charge is 0.226 e. The van der Waals surface area contributed by atoms with Crippen LogP contribution < -0.4 is 5.32 Å². The highest BCUT2D eigenvalue weighted by atomic mass is 32.1. The van der Waals surface area contributed by atoms with Gasteiger partial charge in [-0.1, -0.05) is 41.6 Å². The summed E-state index contributed by atoms with van der Waals surface area (Å²) in [4.78, 5) is 17.0. The summed E-state index contributed by atoms with van der Waals surface area (Å²) in [5.41, 5.74) is 5.70. The topological polar surface area (TPSA) is 68.0 Å². The molecule has 0 saturated heterocycles. The fourth-order valence-electron chi connectivity index (χ4n) is 3.33. The van der Waals surface area contributed by atoms with Crippen LogP contribution in [0.25, 0.3) is 11.0 Å². The summed E-state index contributed by atoms with van der Waals surface area (Å²) >= 11 is 1.62. The molecule has 28 heavy (non-hydrogen) atoms. The molecule has 1 N–H and O–H groups in total. The maximum Gasteiger partial charge on any atom is 0.226 e. The number of aromatic nitrogens is 2. The first-order valence-corrected chi connectivity index (χ1v) is 10.1. The van der Waals surface area contributed by atoms with Crippen molar-refractivity contribution in [1.29, 1.82) is 0 Å². The molecule has 0 fully saturated rings. The normalized spacial score (nSPS) is 11.1. The average molecular weight is 391 g/mol. The number of thiazole rings is 1. The zero-order valence-corrected chi connectivity index (χ0v) is 16.7. The third-order valence-corrected chi connectivity index (χ3v) is 5.48. The average Bonchev–Trinajstić information content (AvgIpc) is 3.28. The molecule has 5 nitrogen and oxygen atoms in total. The summed E-state index contributed by atoms with van der Waals surface area (Å²) in [6.45, 7) is 4.44. The van der Waals surface area contributed by atoms with Crippen LogP contribution in [0, 0.1) is 13.8 Å². The van der Waals surface area contributed by atoms with Crippen molar-refractivity contribution in [2.24, 2.45) is 0 Å². The van der Waals surface area contributed by atoms with Gasteiger partial charge in [0.15, 0.2) is 5.58 Å². The summed E-state index contributed by atoms with van der Waals surface area (Å²) in [7, 11) is 0. The van der Waals surface area contributed by atoms with Crippen LogP contribution in [0.15, 0.2) is 52.4 Å². The van der Waals surface area contributed by atoms with Gasteiger partial charge in [0.1, 0.15) is 5.69 Å². The first-order valence-electron chi connectivity index (χ1n) is 9.18. The number of benzene rings is 2. The highest BCUT2D eigenvalue weighted by molar-refractivity contribution is 7.09. The predicted molar refractivity (Wildman–Crippen MR) is 110 cm³/mol. The zero-order valence-electron chi connectivity index (χ0n) is 15.9. The quantitative estimate of drug-likeness (QED) is 0.531. The van der Waals surface area contributed by atoms with Gasteiger partial charge in [-0.3, -0.25) is 4.79 Å². The molecule has 0 unspecified atom stereocenters. The molecule has 1 amide bonds. The monoisotopic (exact) mass is 391 g/mol. The van der Waals surface area contributed by atoms with Crippen LogP contribution in [-0.4, -0.2) is 16.0 Å². The minimum Gasteiger partial charge on any atom is -0.356 e. The van der Waals surface area contributed by atoms with E-state index in [9.17, 15) is 4.79 Å². The molecule has 2 heterocycles. The minimum absolute atomic E-state index is 0.0900. The van der Waals surface area contributed by atoms with E-state index in [4.69, 9.17) is 4.52 Å². The van der Waals surface area contributed by atoms with Crippen LogP contribution in [0.1, 0.15) is 33.1 Å². The summed E-state index contributed by atoms with van der Waals surface area (Å²) in [6.07, 6.45) is 1.00. The van der Waals surface area contributed by atoms with Crippen molar-refractivity contribution in [3.8, 4) is 0 Å². The highest BCUT2D eigenvalue weighted by Gasteiger charge is 2.15. The summed E-state index contributed by atoms with van der Waals surface area (Å²) in [5.74, 6) is -0.0900. The Morgan fingerprint density at radius 2 is 2.00 bits per heavy atom. The Morgan fingerprint density at radius 1 is 1.18 bits per heavy atom. The molecule has 0 atom stereocenters. The van der Waals surface area contributed by atoms with Gasteiger partial charge in [0.25, 0.3) is 0 Å². The first-order chi connectivity index (χ1) is 13.6. The van der Waals surface area contributed by atoms with Crippen molar-refractivity contribution in [2.75, 3.05) is 0 Å². The van der Waals surface area contributed by atoms with Gasteiger partial charge in [-0.05, 0) is 36.6 Å². The number of nitrogens with zero attached hydrogens (tertiary/aromatic N) is 2. The number of hydrogen-bond acceptors (Lipinski definition) is 5.